The molecule has 3 rings (SSSR count). The van der Waals surface area contributed by atoms with Crippen molar-refractivity contribution in [1.82, 2.24) is 14.9 Å². The van der Waals surface area contributed by atoms with Crippen LogP contribution in [0.5, 0.6) is 5.75 Å². The molecule has 8 heteroatoms. The zero-order chi connectivity index (χ0) is 24.5. The molecule has 0 unspecified atom stereocenters. The Hall–Kier alpha value is -3.26. The number of aryl methyl sites for hydroxylation is 1. The molecule has 1 aromatic heterocycles. The number of pyridine rings is 1. The number of rotatable bonds is 9. The van der Waals surface area contributed by atoms with Crippen LogP contribution in [0, 0.1) is 0 Å². The van der Waals surface area contributed by atoms with Crippen molar-refractivity contribution in [1.29, 1.82) is 0 Å². The van der Waals surface area contributed by atoms with E-state index in [0.29, 0.717) is 23.6 Å². The summed E-state index contributed by atoms with van der Waals surface area (Å²) in [6.45, 7) is 2.41. The van der Waals surface area contributed by atoms with Gasteiger partial charge in [0.2, 0.25) is 0 Å². The van der Waals surface area contributed by atoms with Crippen molar-refractivity contribution in [3.8, 4) is 5.75 Å². The lowest BCUT2D eigenvalue weighted by molar-refractivity contribution is 0.111. The largest absolute Gasteiger partial charge is 0.489 e. The van der Waals surface area contributed by atoms with E-state index in [0.717, 1.165) is 36.3 Å². The first-order valence-corrected chi connectivity index (χ1v) is 11.9. The van der Waals surface area contributed by atoms with Gasteiger partial charge in [-0.1, -0.05) is 43.7 Å². The standard InChI is InChI=1S/C26H37N5O3/c1-4-21-24(34-20-13-9-6-10-14-20)16-15-22(29-21)25(27)23(31(3)28)18-33-26(32)30(2)17-19-11-7-5-8-12-19/h5,7-8,11-12,15-16,20H,4,6,9-10,13-14,17-18,27-28H2,1-3H3/b25-23-. The first kappa shape index (κ1) is 25.4. The molecule has 1 fully saturated rings. The quantitative estimate of drug-likeness (QED) is 0.423. The lowest BCUT2D eigenvalue weighted by Crippen LogP contribution is -2.33. The molecule has 8 nitrogen and oxygen atoms in total. The third-order valence-corrected chi connectivity index (χ3v) is 6.03. The summed E-state index contributed by atoms with van der Waals surface area (Å²) in [6, 6.07) is 13.5. The molecule has 1 aromatic carbocycles. The van der Waals surface area contributed by atoms with E-state index < -0.39 is 6.09 Å². The van der Waals surface area contributed by atoms with Gasteiger partial charge in [-0.2, -0.15) is 0 Å². The predicted molar refractivity (Wildman–Crippen MR) is 133 cm³/mol. The van der Waals surface area contributed by atoms with Crippen LogP contribution in [0.1, 0.15) is 56.0 Å². The number of nitrogens with two attached hydrogens (primary N) is 2. The van der Waals surface area contributed by atoms with Crippen molar-refractivity contribution >= 4 is 11.8 Å². The third-order valence-electron chi connectivity index (χ3n) is 6.03. The summed E-state index contributed by atoms with van der Waals surface area (Å²) >= 11 is 0. The molecule has 34 heavy (non-hydrogen) atoms. The molecule has 0 saturated heterocycles. The summed E-state index contributed by atoms with van der Waals surface area (Å²) in [6.07, 6.45) is 6.36. The van der Waals surface area contributed by atoms with E-state index in [1.54, 1.807) is 14.1 Å². The molecule has 1 aliphatic carbocycles. The minimum atomic E-state index is -0.463. The van der Waals surface area contributed by atoms with Crippen LogP contribution in [0.25, 0.3) is 5.70 Å². The molecular formula is C26H37N5O3. The molecule has 2 aromatic rings. The van der Waals surface area contributed by atoms with E-state index in [9.17, 15) is 4.79 Å². The number of hydrogen-bond acceptors (Lipinski definition) is 7. The minimum absolute atomic E-state index is 0.0692. The Balaban J connectivity index is 1.70. The number of amides is 1. The molecule has 0 aliphatic heterocycles. The number of hydrazine groups is 1. The summed E-state index contributed by atoms with van der Waals surface area (Å²) in [5.74, 6) is 6.83. The zero-order valence-electron chi connectivity index (χ0n) is 20.5. The van der Waals surface area contributed by atoms with Gasteiger partial charge in [0.05, 0.1) is 28.9 Å². The molecule has 0 bridgehead atoms. The van der Waals surface area contributed by atoms with Crippen LogP contribution < -0.4 is 16.3 Å². The smallest absolute Gasteiger partial charge is 0.410 e. The fourth-order valence-corrected chi connectivity index (χ4v) is 4.04. The van der Waals surface area contributed by atoms with Gasteiger partial charge in [0.1, 0.15) is 12.4 Å². The molecule has 0 radical (unpaired) electrons. The third kappa shape index (κ3) is 6.87. The van der Waals surface area contributed by atoms with Crippen LogP contribution >= 0.6 is 0 Å². The van der Waals surface area contributed by atoms with E-state index >= 15 is 0 Å². The molecular weight excluding hydrogens is 430 g/mol. The van der Waals surface area contributed by atoms with Crippen molar-refractivity contribution in [3.05, 3.63) is 65.1 Å². The van der Waals surface area contributed by atoms with Crippen LogP contribution in [0.4, 0.5) is 4.79 Å². The van der Waals surface area contributed by atoms with Crippen molar-refractivity contribution in [2.24, 2.45) is 11.6 Å². The maximum atomic E-state index is 12.5. The number of carbonyl (C=O) groups excluding carboxylic acids is 1. The molecule has 1 aliphatic rings. The van der Waals surface area contributed by atoms with E-state index in [-0.39, 0.29) is 12.7 Å². The second kappa shape index (κ2) is 12.3. The Labute approximate surface area is 202 Å². The number of ether oxygens (including phenoxy) is 2. The highest BCUT2D eigenvalue weighted by Crippen LogP contribution is 2.27. The lowest BCUT2D eigenvalue weighted by Gasteiger charge is -2.24. The Morgan fingerprint density at radius 2 is 1.79 bits per heavy atom. The fourth-order valence-electron chi connectivity index (χ4n) is 4.04. The van der Waals surface area contributed by atoms with Crippen molar-refractivity contribution in [2.75, 3.05) is 20.7 Å². The van der Waals surface area contributed by atoms with Crippen molar-refractivity contribution < 1.29 is 14.3 Å². The van der Waals surface area contributed by atoms with Gasteiger partial charge >= 0.3 is 6.09 Å². The predicted octanol–water partition coefficient (Wildman–Crippen LogP) is 4.06. The Morgan fingerprint density at radius 3 is 2.44 bits per heavy atom. The van der Waals surface area contributed by atoms with Crippen LogP contribution in [0.2, 0.25) is 0 Å². The van der Waals surface area contributed by atoms with E-state index in [1.165, 1.54) is 29.2 Å². The number of hydrogen-bond donors (Lipinski definition) is 2. The summed E-state index contributed by atoms with van der Waals surface area (Å²) in [4.78, 5) is 18.8. The van der Waals surface area contributed by atoms with Gasteiger partial charge < -0.3 is 25.1 Å². The van der Waals surface area contributed by atoms with Crippen LogP contribution in [-0.2, 0) is 17.7 Å². The second-order valence-electron chi connectivity index (χ2n) is 8.74. The number of nitrogens with zero attached hydrogens (tertiary/aromatic N) is 3. The number of aromatic nitrogens is 1. The highest BCUT2D eigenvalue weighted by molar-refractivity contribution is 5.68. The minimum Gasteiger partial charge on any atom is -0.489 e. The molecule has 0 atom stereocenters. The summed E-state index contributed by atoms with van der Waals surface area (Å²) in [5, 5.41) is 1.36. The van der Waals surface area contributed by atoms with Gasteiger partial charge in [0.15, 0.2) is 0 Å². The maximum Gasteiger partial charge on any atom is 0.410 e. The number of carbonyl (C=O) groups is 1. The first-order chi connectivity index (χ1) is 16.4. The van der Waals surface area contributed by atoms with Gasteiger partial charge in [0.25, 0.3) is 0 Å². The summed E-state index contributed by atoms with van der Waals surface area (Å²) in [7, 11) is 3.35. The first-order valence-electron chi connectivity index (χ1n) is 11.9. The number of benzene rings is 1. The number of likely N-dealkylation sites (N-methyl/N-ethyl adjacent to an activating group) is 1. The molecule has 0 spiro atoms. The fraction of sp³-hybridized carbons (Fsp3) is 0.462. The molecule has 1 saturated carbocycles. The summed E-state index contributed by atoms with van der Waals surface area (Å²) < 4.78 is 11.7. The SMILES string of the molecule is CCc1nc(/C(N)=C(\COC(=O)N(C)Cc2ccccc2)N(C)N)ccc1OC1CCCCC1. The Bertz CT molecular complexity index is 972. The second-order valence-corrected chi connectivity index (χ2v) is 8.74. The summed E-state index contributed by atoms with van der Waals surface area (Å²) in [5.41, 5.74) is 9.71. The lowest BCUT2D eigenvalue weighted by atomic mass is 9.98. The zero-order valence-corrected chi connectivity index (χ0v) is 20.5. The van der Waals surface area contributed by atoms with Gasteiger partial charge in [-0.25, -0.2) is 15.6 Å². The molecule has 184 valence electrons. The van der Waals surface area contributed by atoms with Crippen LogP contribution in [-0.4, -0.2) is 47.8 Å². The normalized spacial score (nSPS) is 14.8. The van der Waals surface area contributed by atoms with Gasteiger partial charge in [0, 0.05) is 20.6 Å². The average molecular weight is 468 g/mol. The van der Waals surface area contributed by atoms with Gasteiger partial charge in [-0.3, -0.25) is 0 Å². The van der Waals surface area contributed by atoms with Gasteiger partial charge in [-0.15, -0.1) is 0 Å². The van der Waals surface area contributed by atoms with Crippen molar-refractivity contribution in [2.45, 2.75) is 58.1 Å². The Kier molecular flexibility index (Phi) is 9.16. The average Bonchev–Trinajstić information content (AvgIpc) is 2.85. The molecule has 4 N–H and O–H groups in total. The van der Waals surface area contributed by atoms with E-state index in [4.69, 9.17) is 26.0 Å². The van der Waals surface area contributed by atoms with E-state index in [2.05, 4.69) is 0 Å². The van der Waals surface area contributed by atoms with Crippen LogP contribution in [0.15, 0.2) is 48.2 Å². The van der Waals surface area contributed by atoms with Crippen molar-refractivity contribution in [3.63, 3.8) is 0 Å². The van der Waals surface area contributed by atoms with E-state index in [1.807, 2.05) is 49.4 Å². The maximum absolute atomic E-state index is 12.5. The Morgan fingerprint density at radius 1 is 1.09 bits per heavy atom. The highest BCUT2D eigenvalue weighted by Gasteiger charge is 2.19. The van der Waals surface area contributed by atoms with Crippen LogP contribution in [0.3, 0.4) is 0 Å². The molecule has 1 amide bonds. The molecule has 1 heterocycles. The monoisotopic (exact) mass is 467 g/mol. The topological polar surface area (TPSA) is 107 Å². The highest BCUT2D eigenvalue weighted by atomic mass is 16.6. The van der Waals surface area contributed by atoms with Gasteiger partial charge in [-0.05, 0) is 49.8 Å².